The summed E-state index contributed by atoms with van der Waals surface area (Å²) in [6, 6.07) is -2.50. The summed E-state index contributed by atoms with van der Waals surface area (Å²) in [6.07, 6.45) is -0.857. The molecule has 8 heteroatoms. The number of carboxylic acid groups (broad SMARTS) is 1. The largest absolute Gasteiger partial charge is 0.480 e. The number of β-amino-alcohol motifs (C(OH)–C–C–N with tert-alkyl or cyclic N) is 1. The lowest BCUT2D eigenvalue weighted by Gasteiger charge is -2.23. The van der Waals surface area contributed by atoms with Gasteiger partial charge in [0.1, 0.15) is 12.1 Å². The molecule has 1 rings (SSSR count). The lowest BCUT2D eigenvalue weighted by Crippen LogP contribution is -2.52. The molecule has 102 valence electrons. The number of urea groups is 1. The van der Waals surface area contributed by atoms with E-state index in [1.165, 1.54) is 14.0 Å². The number of aliphatic hydroxyl groups is 1. The molecule has 0 bridgehead atoms. The number of nitrogens with zero attached hydrogens (tertiary/aromatic N) is 1. The van der Waals surface area contributed by atoms with Crippen LogP contribution in [0.5, 0.6) is 0 Å². The number of carboxylic acids is 1. The highest BCUT2D eigenvalue weighted by Gasteiger charge is 2.39. The molecule has 3 amide bonds. The van der Waals surface area contributed by atoms with Crippen LogP contribution in [-0.4, -0.2) is 64.8 Å². The van der Waals surface area contributed by atoms with Crippen LogP contribution in [0.3, 0.4) is 0 Å². The van der Waals surface area contributed by atoms with Gasteiger partial charge in [-0.3, -0.25) is 4.79 Å². The van der Waals surface area contributed by atoms with Gasteiger partial charge in [-0.25, -0.2) is 9.59 Å². The first-order valence-corrected chi connectivity index (χ1v) is 5.56. The Morgan fingerprint density at radius 1 is 1.39 bits per heavy atom. The molecule has 3 atom stereocenters. The number of rotatable bonds is 3. The van der Waals surface area contributed by atoms with E-state index < -0.39 is 30.2 Å². The molecule has 1 heterocycles. The van der Waals surface area contributed by atoms with E-state index in [1.807, 2.05) is 0 Å². The fourth-order valence-corrected chi connectivity index (χ4v) is 1.82. The Morgan fingerprint density at radius 2 is 2.00 bits per heavy atom. The van der Waals surface area contributed by atoms with Crippen molar-refractivity contribution in [3.05, 3.63) is 0 Å². The van der Waals surface area contributed by atoms with E-state index in [2.05, 4.69) is 10.6 Å². The van der Waals surface area contributed by atoms with Gasteiger partial charge in [0.25, 0.3) is 0 Å². The number of aliphatic carboxylic acids is 1. The molecule has 8 nitrogen and oxygen atoms in total. The third-order valence-electron chi connectivity index (χ3n) is 2.80. The zero-order valence-electron chi connectivity index (χ0n) is 10.2. The van der Waals surface area contributed by atoms with Crippen molar-refractivity contribution in [2.24, 2.45) is 0 Å². The fourth-order valence-electron chi connectivity index (χ4n) is 1.82. The monoisotopic (exact) mass is 259 g/mol. The number of amides is 3. The normalized spacial score (nSPS) is 24.5. The molecule has 1 aliphatic rings. The van der Waals surface area contributed by atoms with Crippen molar-refractivity contribution in [3.63, 3.8) is 0 Å². The first-order valence-electron chi connectivity index (χ1n) is 5.56. The van der Waals surface area contributed by atoms with Gasteiger partial charge in [0.05, 0.1) is 6.10 Å². The fraction of sp³-hybridized carbons (Fsp3) is 0.700. The maximum Gasteiger partial charge on any atom is 0.326 e. The van der Waals surface area contributed by atoms with Crippen molar-refractivity contribution in [2.45, 2.75) is 31.5 Å². The molecule has 4 N–H and O–H groups in total. The number of nitrogens with one attached hydrogen (secondary N) is 2. The van der Waals surface area contributed by atoms with Gasteiger partial charge in [0, 0.05) is 20.0 Å². The van der Waals surface area contributed by atoms with Crippen molar-refractivity contribution >= 4 is 17.9 Å². The van der Waals surface area contributed by atoms with Gasteiger partial charge < -0.3 is 25.7 Å². The first kappa shape index (κ1) is 14.2. The Morgan fingerprint density at radius 3 is 2.50 bits per heavy atom. The molecule has 1 aliphatic heterocycles. The lowest BCUT2D eigenvalue weighted by atomic mass is 10.2. The van der Waals surface area contributed by atoms with Gasteiger partial charge >= 0.3 is 12.0 Å². The Kier molecular flexibility index (Phi) is 4.49. The second kappa shape index (κ2) is 5.67. The van der Waals surface area contributed by atoms with E-state index in [0.29, 0.717) is 0 Å². The standard InChI is InChI=1S/C10H17N3O5/c1-5(8(15)11-2)12-10(18)13-4-6(14)3-7(13)9(16)17/h5-7,14H,3-4H2,1-2H3,(H,11,15)(H,12,18)(H,16,17)/t5?,6?,7-/m0/s1. The van der Waals surface area contributed by atoms with E-state index in [4.69, 9.17) is 5.11 Å². The number of hydrogen-bond acceptors (Lipinski definition) is 4. The summed E-state index contributed by atoms with van der Waals surface area (Å²) in [5.74, 6) is -1.55. The Hall–Kier alpha value is -1.83. The van der Waals surface area contributed by atoms with Crippen molar-refractivity contribution < 1.29 is 24.6 Å². The van der Waals surface area contributed by atoms with Crippen LogP contribution in [0.25, 0.3) is 0 Å². The Balaban J connectivity index is 2.65. The topological polar surface area (TPSA) is 119 Å². The molecule has 0 aromatic carbocycles. The molecule has 1 saturated heterocycles. The number of aliphatic hydroxyl groups excluding tert-OH is 1. The highest BCUT2D eigenvalue weighted by Crippen LogP contribution is 2.18. The highest BCUT2D eigenvalue weighted by molar-refractivity contribution is 5.88. The third kappa shape index (κ3) is 3.10. The highest BCUT2D eigenvalue weighted by atomic mass is 16.4. The predicted octanol–water partition coefficient (Wildman–Crippen LogP) is -1.65. The van der Waals surface area contributed by atoms with E-state index in [9.17, 15) is 19.5 Å². The summed E-state index contributed by atoms with van der Waals surface area (Å²) in [5.41, 5.74) is 0. The molecule has 0 aliphatic carbocycles. The summed E-state index contributed by atoms with van der Waals surface area (Å²) >= 11 is 0. The zero-order chi connectivity index (χ0) is 13.9. The number of carbonyl (C=O) groups is 3. The second-order valence-electron chi connectivity index (χ2n) is 4.18. The SMILES string of the molecule is CNC(=O)C(C)NC(=O)N1CC(O)C[C@H]1C(=O)O. The van der Waals surface area contributed by atoms with E-state index in [0.717, 1.165) is 4.90 Å². The van der Waals surface area contributed by atoms with Crippen molar-refractivity contribution in [2.75, 3.05) is 13.6 Å². The van der Waals surface area contributed by atoms with Crippen molar-refractivity contribution in [1.82, 2.24) is 15.5 Å². The van der Waals surface area contributed by atoms with Gasteiger partial charge in [-0.05, 0) is 6.92 Å². The summed E-state index contributed by atoms with van der Waals surface area (Å²) in [7, 11) is 1.44. The molecule has 0 radical (unpaired) electrons. The van der Waals surface area contributed by atoms with Crippen LogP contribution in [0.1, 0.15) is 13.3 Å². The predicted molar refractivity (Wildman–Crippen MR) is 60.8 cm³/mol. The minimum atomic E-state index is -1.17. The summed E-state index contributed by atoms with van der Waals surface area (Å²) in [4.78, 5) is 35.0. The molecule has 18 heavy (non-hydrogen) atoms. The molecular formula is C10H17N3O5. The van der Waals surface area contributed by atoms with Gasteiger partial charge in [0.2, 0.25) is 5.91 Å². The van der Waals surface area contributed by atoms with E-state index in [1.54, 1.807) is 0 Å². The van der Waals surface area contributed by atoms with Gasteiger partial charge in [-0.1, -0.05) is 0 Å². The summed E-state index contributed by atoms with van der Waals surface area (Å²) < 4.78 is 0. The molecular weight excluding hydrogens is 242 g/mol. The van der Waals surface area contributed by atoms with Crippen molar-refractivity contribution in [3.8, 4) is 0 Å². The molecule has 0 aromatic heterocycles. The Bertz CT molecular complexity index is 359. The number of carbonyl (C=O) groups excluding carboxylic acids is 2. The summed E-state index contributed by atoms with van der Waals surface area (Å²) in [5, 5.41) is 23.1. The van der Waals surface area contributed by atoms with E-state index >= 15 is 0 Å². The van der Waals surface area contributed by atoms with Crippen LogP contribution < -0.4 is 10.6 Å². The van der Waals surface area contributed by atoms with Crippen LogP contribution in [0.4, 0.5) is 4.79 Å². The van der Waals surface area contributed by atoms with Crippen LogP contribution in [0, 0.1) is 0 Å². The minimum Gasteiger partial charge on any atom is -0.480 e. The van der Waals surface area contributed by atoms with Gasteiger partial charge in [0.15, 0.2) is 0 Å². The zero-order valence-corrected chi connectivity index (χ0v) is 10.2. The first-order chi connectivity index (χ1) is 8.36. The minimum absolute atomic E-state index is 0.00287. The van der Waals surface area contributed by atoms with Crippen LogP contribution >= 0.6 is 0 Å². The average molecular weight is 259 g/mol. The smallest absolute Gasteiger partial charge is 0.326 e. The molecule has 2 unspecified atom stereocenters. The molecule has 0 saturated carbocycles. The molecule has 0 spiro atoms. The van der Waals surface area contributed by atoms with Gasteiger partial charge in [-0.2, -0.15) is 0 Å². The molecule has 1 fully saturated rings. The quantitative estimate of drug-likeness (QED) is 0.484. The third-order valence-corrected chi connectivity index (χ3v) is 2.80. The average Bonchev–Trinajstić information content (AvgIpc) is 2.70. The number of likely N-dealkylation sites (N-methyl/N-ethyl adjacent to an activating group) is 1. The maximum absolute atomic E-state index is 11.8. The lowest BCUT2D eigenvalue weighted by molar-refractivity contribution is -0.141. The maximum atomic E-state index is 11.8. The molecule has 0 aromatic rings. The van der Waals surface area contributed by atoms with E-state index in [-0.39, 0.29) is 18.9 Å². The van der Waals surface area contributed by atoms with Crippen LogP contribution in [-0.2, 0) is 9.59 Å². The number of hydrogen-bond donors (Lipinski definition) is 4. The Labute approximate surface area is 104 Å². The van der Waals surface area contributed by atoms with Crippen molar-refractivity contribution in [1.29, 1.82) is 0 Å². The van der Waals surface area contributed by atoms with Gasteiger partial charge in [-0.15, -0.1) is 0 Å². The van der Waals surface area contributed by atoms with Crippen LogP contribution in [0.15, 0.2) is 0 Å². The second-order valence-corrected chi connectivity index (χ2v) is 4.18. The van der Waals surface area contributed by atoms with Crippen LogP contribution in [0.2, 0.25) is 0 Å². The summed E-state index contributed by atoms with van der Waals surface area (Å²) in [6.45, 7) is 1.43. The number of likely N-dealkylation sites (tertiary alicyclic amines) is 1.